The van der Waals surface area contributed by atoms with Gasteiger partial charge in [-0.05, 0) is 25.5 Å². The summed E-state index contributed by atoms with van der Waals surface area (Å²) in [5, 5.41) is 3.82. The molecule has 3 nitrogen and oxygen atoms in total. The third-order valence-electron chi connectivity index (χ3n) is 3.34. The molecule has 0 aliphatic carbocycles. The van der Waals surface area contributed by atoms with E-state index in [0.717, 1.165) is 23.9 Å². The van der Waals surface area contributed by atoms with E-state index >= 15 is 0 Å². The van der Waals surface area contributed by atoms with Gasteiger partial charge in [0.2, 0.25) is 0 Å². The van der Waals surface area contributed by atoms with Gasteiger partial charge in [0, 0.05) is 18.0 Å². The van der Waals surface area contributed by atoms with Crippen molar-refractivity contribution in [2.45, 2.75) is 57.6 Å². The van der Waals surface area contributed by atoms with Crippen molar-refractivity contribution in [2.24, 2.45) is 0 Å². The van der Waals surface area contributed by atoms with E-state index in [1.54, 1.807) is 0 Å². The molecule has 1 aliphatic rings. The molecule has 19 heavy (non-hydrogen) atoms. The van der Waals surface area contributed by atoms with Gasteiger partial charge in [0.05, 0.1) is 10.9 Å². The fourth-order valence-corrected chi connectivity index (χ4v) is 3.45. The number of rotatable bonds is 3. The maximum absolute atomic E-state index is 4.84. The Hall–Kier alpha value is -0.770. The minimum Gasteiger partial charge on any atom is -0.370 e. The van der Waals surface area contributed by atoms with Gasteiger partial charge in [0.15, 0.2) is 0 Å². The third kappa shape index (κ3) is 3.85. The molecule has 0 saturated carbocycles. The van der Waals surface area contributed by atoms with Crippen LogP contribution in [0.4, 0.5) is 5.82 Å². The van der Waals surface area contributed by atoms with Crippen LogP contribution in [0.5, 0.6) is 0 Å². The van der Waals surface area contributed by atoms with Crippen LogP contribution in [0.25, 0.3) is 0 Å². The molecule has 1 fully saturated rings. The highest BCUT2D eigenvalue weighted by atomic mass is 32.2. The van der Waals surface area contributed by atoms with Crippen molar-refractivity contribution in [2.75, 3.05) is 17.6 Å². The van der Waals surface area contributed by atoms with Crippen LogP contribution in [-0.2, 0) is 5.41 Å². The lowest BCUT2D eigenvalue weighted by Crippen LogP contribution is -2.18. The highest BCUT2D eigenvalue weighted by Gasteiger charge is 2.23. The van der Waals surface area contributed by atoms with E-state index in [2.05, 4.69) is 39.1 Å². The molecule has 1 saturated heterocycles. The molecule has 4 heteroatoms. The average Bonchev–Trinajstić information content (AvgIpc) is 2.39. The summed E-state index contributed by atoms with van der Waals surface area (Å²) in [6.45, 7) is 9.64. The summed E-state index contributed by atoms with van der Waals surface area (Å²) in [5.74, 6) is 3.24. The molecular weight excluding hydrogens is 254 g/mol. The van der Waals surface area contributed by atoms with Crippen LogP contribution in [-0.4, -0.2) is 22.3 Å². The largest absolute Gasteiger partial charge is 0.370 e. The monoisotopic (exact) mass is 279 g/mol. The van der Waals surface area contributed by atoms with Gasteiger partial charge >= 0.3 is 0 Å². The van der Waals surface area contributed by atoms with Gasteiger partial charge in [-0.2, -0.15) is 11.8 Å². The zero-order chi connectivity index (χ0) is 13.9. The summed E-state index contributed by atoms with van der Waals surface area (Å²) in [5.41, 5.74) is 1.21. The summed E-state index contributed by atoms with van der Waals surface area (Å²) in [6.07, 6.45) is 3.85. The Morgan fingerprint density at radius 2 is 2.11 bits per heavy atom. The van der Waals surface area contributed by atoms with Gasteiger partial charge in [-0.1, -0.05) is 27.2 Å². The minimum absolute atomic E-state index is 0.0706. The van der Waals surface area contributed by atoms with Crippen molar-refractivity contribution < 1.29 is 0 Å². The van der Waals surface area contributed by atoms with E-state index in [-0.39, 0.29) is 5.41 Å². The average molecular weight is 279 g/mol. The van der Waals surface area contributed by atoms with Crippen molar-refractivity contribution in [3.05, 3.63) is 17.6 Å². The predicted octanol–water partition coefficient (Wildman–Crippen LogP) is 4.16. The molecule has 1 aromatic rings. The summed E-state index contributed by atoms with van der Waals surface area (Å²) < 4.78 is 0. The Labute approximate surface area is 121 Å². The van der Waals surface area contributed by atoms with Crippen molar-refractivity contribution in [1.82, 2.24) is 9.97 Å². The SMILES string of the molecule is CCNc1cc(C(C)(C)C)nc(C2CCCCS2)n1. The Kier molecular flexibility index (Phi) is 4.71. The van der Waals surface area contributed by atoms with Crippen LogP contribution in [0.2, 0.25) is 0 Å². The molecule has 106 valence electrons. The van der Waals surface area contributed by atoms with Crippen molar-refractivity contribution >= 4 is 17.6 Å². The lowest BCUT2D eigenvalue weighted by atomic mass is 9.92. The van der Waals surface area contributed by atoms with Gasteiger partial charge in [-0.25, -0.2) is 9.97 Å². The van der Waals surface area contributed by atoms with Crippen LogP contribution in [0.3, 0.4) is 0 Å². The normalized spacial score (nSPS) is 20.3. The van der Waals surface area contributed by atoms with Crippen LogP contribution in [0.1, 0.15) is 63.7 Å². The molecule has 0 amide bonds. The number of nitrogens with one attached hydrogen (secondary N) is 1. The highest BCUT2D eigenvalue weighted by molar-refractivity contribution is 7.99. The quantitative estimate of drug-likeness (QED) is 0.901. The van der Waals surface area contributed by atoms with Crippen molar-refractivity contribution in [3.63, 3.8) is 0 Å². The van der Waals surface area contributed by atoms with Gasteiger partial charge in [-0.15, -0.1) is 0 Å². The Balaban J connectivity index is 2.33. The number of aromatic nitrogens is 2. The Bertz CT molecular complexity index is 420. The highest BCUT2D eigenvalue weighted by Crippen LogP contribution is 2.37. The van der Waals surface area contributed by atoms with Crippen LogP contribution in [0, 0.1) is 0 Å². The van der Waals surface area contributed by atoms with Crippen LogP contribution < -0.4 is 5.32 Å². The van der Waals surface area contributed by atoms with E-state index in [1.807, 2.05) is 11.8 Å². The molecule has 1 atom stereocenters. The first-order valence-electron chi connectivity index (χ1n) is 7.25. The molecule has 1 unspecified atom stereocenters. The molecular formula is C15H25N3S. The minimum atomic E-state index is 0.0706. The van der Waals surface area contributed by atoms with Crippen LogP contribution in [0.15, 0.2) is 6.07 Å². The van der Waals surface area contributed by atoms with E-state index < -0.39 is 0 Å². The third-order valence-corrected chi connectivity index (χ3v) is 4.71. The maximum Gasteiger partial charge on any atom is 0.143 e. The maximum atomic E-state index is 4.84. The molecule has 2 heterocycles. The summed E-state index contributed by atoms with van der Waals surface area (Å²) >= 11 is 2.01. The fraction of sp³-hybridized carbons (Fsp3) is 0.733. The van der Waals surface area contributed by atoms with E-state index in [9.17, 15) is 0 Å². The topological polar surface area (TPSA) is 37.8 Å². The van der Waals surface area contributed by atoms with Gasteiger partial charge in [-0.3, -0.25) is 0 Å². The smallest absolute Gasteiger partial charge is 0.143 e. The van der Waals surface area contributed by atoms with E-state index in [4.69, 9.17) is 9.97 Å². The molecule has 1 aliphatic heterocycles. The first-order chi connectivity index (χ1) is 9.00. The molecule has 1 aromatic heterocycles. The molecule has 2 rings (SSSR count). The molecule has 0 radical (unpaired) electrons. The van der Waals surface area contributed by atoms with Crippen molar-refractivity contribution in [1.29, 1.82) is 0 Å². The van der Waals surface area contributed by atoms with Gasteiger partial charge in [0.1, 0.15) is 11.6 Å². The Morgan fingerprint density at radius 3 is 2.68 bits per heavy atom. The molecule has 0 aromatic carbocycles. The number of nitrogens with zero attached hydrogens (tertiary/aromatic N) is 2. The lowest BCUT2D eigenvalue weighted by Gasteiger charge is -2.24. The first kappa shape index (κ1) is 14.6. The molecule has 0 spiro atoms. The van der Waals surface area contributed by atoms with Crippen molar-refractivity contribution in [3.8, 4) is 0 Å². The predicted molar refractivity (Wildman–Crippen MR) is 83.9 cm³/mol. The second kappa shape index (κ2) is 6.12. The fourth-order valence-electron chi connectivity index (χ4n) is 2.21. The summed E-state index contributed by atoms with van der Waals surface area (Å²) in [4.78, 5) is 9.56. The Morgan fingerprint density at radius 1 is 1.32 bits per heavy atom. The number of hydrogen-bond donors (Lipinski definition) is 1. The van der Waals surface area contributed by atoms with E-state index in [0.29, 0.717) is 5.25 Å². The number of thioether (sulfide) groups is 1. The summed E-state index contributed by atoms with van der Waals surface area (Å²) in [6, 6.07) is 2.10. The lowest BCUT2D eigenvalue weighted by molar-refractivity contribution is 0.557. The van der Waals surface area contributed by atoms with Gasteiger partial charge < -0.3 is 5.32 Å². The number of anilines is 1. The molecule has 0 bridgehead atoms. The second-order valence-corrected chi connectivity index (χ2v) is 7.44. The molecule has 1 N–H and O–H groups in total. The zero-order valence-electron chi connectivity index (χ0n) is 12.5. The zero-order valence-corrected chi connectivity index (χ0v) is 13.3. The standard InChI is InChI=1S/C15H25N3S/c1-5-16-13-10-12(15(2,3)4)17-14(18-13)11-8-6-7-9-19-11/h10-11H,5-9H2,1-4H3,(H,16,17,18). The number of hydrogen-bond acceptors (Lipinski definition) is 4. The van der Waals surface area contributed by atoms with E-state index in [1.165, 1.54) is 25.0 Å². The summed E-state index contributed by atoms with van der Waals surface area (Å²) in [7, 11) is 0. The van der Waals surface area contributed by atoms with Gasteiger partial charge in [0.25, 0.3) is 0 Å². The van der Waals surface area contributed by atoms with Crippen LogP contribution >= 0.6 is 11.8 Å². The first-order valence-corrected chi connectivity index (χ1v) is 8.30. The second-order valence-electron chi connectivity index (χ2n) is 6.13.